The topological polar surface area (TPSA) is 26.5 Å². The van der Waals surface area contributed by atoms with Crippen LogP contribution in [-0.4, -0.2) is 16.5 Å². The largest absolute Gasteiger partial charge is 0.496 e. The maximum absolute atomic E-state index is 5.61. The molecule has 29 heavy (non-hydrogen) atoms. The highest BCUT2D eigenvalue weighted by Crippen LogP contribution is 2.31. The van der Waals surface area contributed by atoms with Crippen molar-refractivity contribution < 1.29 is 4.74 Å². The fraction of sp³-hybridized carbons (Fsp3) is 0.115. The van der Waals surface area contributed by atoms with E-state index in [1.54, 1.807) is 7.11 Å². The molecule has 0 bridgehead atoms. The summed E-state index contributed by atoms with van der Waals surface area (Å²) in [6.07, 6.45) is 2.87. The summed E-state index contributed by atoms with van der Waals surface area (Å²) in [5.74, 6) is 0.901. The van der Waals surface area contributed by atoms with Crippen molar-refractivity contribution >= 4 is 16.4 Å². The molecule has 0 aliphatic carbocycles. The summed E-state index contributed by atoms with van der Waals surface area (Å²) < 4.78 is 7.83. The van der Waals surface area contributed by atoms with Crippen molar-refractivity contribution in [1.29, 1.82) is 0 Å². The van der Waals surface area contributed by atoms with E-state index in [0.29, 0.717) is 0 Å². The first kappa shape index (κ1) is 17.5. The summed E-state index contributed by atoms with van der Waals surface area (Å²) in [6, 6.07) is 27.4. The maximum atomic E-state index is 5.61. The van der Waals surface area contributed by atoms with Crippen LogP contribution in [0.5, 0.6) is 5.75 Å². The minimum atomic E-state index is 0.743. The zero-order chi connectivity index (χ0) is 19.8. The van der Waals surface area contributed by atoms with Crippen molar-refractivity contribution in [3.63, 3.8) is 0 Å². The first-order valence-electron chi connectivity index (χ1n) is 9.82. The zero-order valence-electron chi connectivity index (χ0n) is 16.6. The number of hydrogen-bond donors (Lipinski definition) is 0. The summed E-state index contributed by atoms with van der Waals surface area (Å²) in [4.78, 5) is 5.11. The number of ether oxygens (including phenoxy) is 1. The van der Waals surface area contributed by atoms with Gasteiger partial charge in [-0.25, -0.2) is 4.98 Å². The van der Waals surface area contributed by atoms with Gasteiger partial charge in [0.1, 0.15) is 11.4 Å². The Hall–Kier alpha value is -3.59. The van der Waals surface area contributed by atoms with Gasteiger partial charge >= 0.3 is 0 Å². The molecular weight excluding hydrogens is 356 g/mol. The van der Waals surface area contributed by atoms with Crippen LogP contribution in [0.3, 0.4) is 0 Å². The lowest BCUT2D eigenvalue weighted by Gasteiger charge is -2.10. The third-order valence-corrected chi connectivity index (χ3v) is 5.49. The van der Waals surface area contributed by atoms with Crippen LogP contribution < -0.4 is 4.74 Å². The van der Waals surface area contributed by atoms with Crippen LogP contribution in [0.1, 0.15) is 16.8 Å². The number of aromatic nitrogens is 2. The summed E-state index contributed by atoms with van der Waals surface area (Å²) in [5, 5.41) is 2.36. The van der Waals surface area contributed by atoms with E-state index in [0.717, 1.165) is 40.0 Å². The molecule has 2 heterocycles. The second kappa shape index (κ2) is 7.10. The predicted molar refractivity (Wildman–Crippen MR) is 119 cm³/mol. The first-order valence-corrected chi connectivity index (χ1v) is 9.82. The highest BCUT2D eigenvalue weighted by atomic mass is 16.5. The molecule has 0 saturated heterocycles. The number of hydrogen-bond acceptors (Lipinski definition) is 2. The van der Waals surface area contributed by atoms with Crippen LogP contribution in [0.15, 0.2) is 85.1 Å². The maximum Gasteiger partial charge on any atom is 0.145 e. The van der Waals surface area contributed by atoms with E-state index in [9.17, 15) is 0 Å². The second-order valence-corrected chi connectivity index (χ2v) is 7.36. The third-order valence-electron chi connectivity index (χ3n) is 5.49. The molecule has 0 atom stereocenters. The third kappa shape index (κ3) is 3.05. The molecule has 0 unspecified atom stereocenters. The molecule has 0 amide bonds. The van der Waals surface area contributed by atoms with Crippen LogP contribution in [0.4, 0.5) is 0 Å². The molecule has 5 aromatic rings. The molecule has 0 aliphatic heterocycles. The molecule has 3 nitrogen and oxygen atoms in total. The lowest BCUT2D eigenvalue weighted by molar-refractivity contribution is 0.410. The Morgan fingerprint density at radius 1 is 0.862 bits per heavy atom. The van der Waals surface area contributed by atoms with E-state index in [-0.39, 0.29) is 0 Å². The van der Waals surface area contributed by atoms with Crippen molar-refractivity contribution in [1.82, 2.24) is 9.38 Å². The molecule has 0 aliphatic rings. The number of imidazole rings is 1. The monoisotopic (exact) mass is 378 g/mol. The Morgan fingerprint density at radius 2 is 1.62 bits per heavy atom. The molecule has 5 rings (SSSR count). The molecule has 0 spiro atoms. The van der Waals surface area contributed by atoms with Crippen molar-refractivity contribution in [3.8, 4) is 17.0 Å². The quantitative estimate of drug-likeness (QED) is 0.380. The number of methoxy groups -OCH3 is 1. The number of nitrogens with zero attached hydrogens (tertiary/aromatic N) is 2. The Morgan fingerprint density at radius 3 is 2.45 bits per heavy atom. The van der Waals surface area contributed by atoms with E-state index in [2.05, 4.69) is 84.3 Å². The van der Waals surface area contributed by atoms with Crippen molar-refractivity contribution in [2.24, 2.45) is 0 Å². The van der Waals surface area contributed by atoms with Crippen molar-refractivity contribution in [3.05, 3.63) is 102 Å². The molecular formula is C26H22N2O. The number of para-hydroxylation sites is 1. The zero-order valence-corrected chi connectivity index (χ0v) is 16.6. The Bertz CT molecular complexity index is 1320. The minimum Gasteiger partial charge on any atom is -0.496 e. The van der Waals surface area contributed by atoms with E-state index in [4.69, 9.17) is 9.72 Å². The molecule has 0 fully saturated rings. The van der Waals surface area contributed by atoms with Gasteiger partial charge in [0, 0.05) is 29.1 Å². The van der Waals surface area contributed by atoms with Crippen LogP contribution >= 0.6 is 0 Å². The van der Waals surface area contributed by atoms with Crippen molar-refractivity contribution in [2.45, 2.75) is 13.3 Å². The minimum absolute atomic E-state index is 0.743. The molecule has 0 N–H and O–H groups in total. The average Bonchev–Trinajstić information content (AvgIpc) is 3.13. The summed E-state index contributed by atoms with van der Waals surface area (Å²) in [7, 11) is 1.72. The van der Waals surface area contributed by atoms with Crippen molar-refractivity contribution in [2.75, 3.05) is 7.11 Å². The normalized spacial score (nSPS) is 11.2. The van der Waals surface area contributed by atoms with Crippen LogP contribution in [0.2, 0.25) is 0 Å². The average molecular weight is 378 g/mol. The van der Waals surface area contributed by atoms with Crippen LogP contribution in [0.25, 0.3) is 27.7 Å². The lowest BCUT2D eigenvalue weighted by Crippen LogP contribution is -1.99. The highest BCUT2D eigenvalue weighted by Gasteiger charge is 2.17. The lowest BCUT2D eigenvalue weighted by atomic mass is 10.0. The Balaban J connectivity index is 1.78. The molecule has 2 aromatic heterocycles. The van der Waals surface area contributed by atoms with Gasteiger partial charge in [0.25, 0.3) is 0 Å². The molecule has 0 saturated carbocycles. The van der Waals surface area contributed by atoms with Crippen LogP contribution in [0, 0.1) is 6.92 Å². The van der Waals surface area contributed by atoms with E-state index < -0.39 is 0 Å². The number of pyridine rings is 1. The van der Waals surface area contributed by atoms with Gasteiger partial charge in [0.05, 0.1) is 18.5 Å². The van der Waals surface area contributed by atoms with E-state index in [1.165, 1.54) is 16.6 Å². The fourth-order valence-corrected chi connectivity index (χ4v) is 3.96. The summed E-state index contributed by atoms with van der Waals surface area (Å²) >= 11 is 0. The van der Waals surface area contributed by atoms with Gasteiger partial charge in [-0.15, -0.1) is 0 Å². The van der Waals surface area contributed by atoms with E-state index >= 15 is 0 Å². The molecule has 3 heteroatoms. The SMILES string of the molecule is COc1ccccc1Cc1c(-c2ccc(C)cc2)nc2c3ccccc3ccn12. The van der Waals surface area contributed by atoms with Gasteiger partial charge in [0.15, 0.2) is 0 Å². The van der Waals surface area contributed by atoms with Gasteiger partial charge < -0.3 is 9.14 Å². The smallest absolute Gasteiger partial charge is 0.145 e. The van der Waals surface area contributed by atoms with Crippen LogP contribution in [-0.2, 0) is 6.42 Å². The standard InChI is InChI=1S/C26H22N2O/c1-18-11-13-20(14-12-18)25-23(17-21-8-4-6-10-24(21)29-2)28-16-15-19-7-3-5-9-22(19)26(28)27-25/h3-16H,17H2,1-2H3. The van der Waals surface area contributed by atoms with Gasteiger partial charge in [-0.3, -0.25) is 0 Å². The van der Waals surface area contributed by atoms with Gasteiger partial charge in [-0.2, -0.15) is 0 Å². The van der Waals surface area contributed by atoms with Gasteiger partial charge in [0.2, 0.25) is 0 Å². The Labute approximate surface area is 170 Å². The first-order chi connectivity index (χ1) is 14.2. The highest BCUT2D eigenvalue weighted by molar-refractivity contribution is 5.95. The van der Waals surface area contributed by atoms with E-state index in [1.807, 2.05) is 12.1 Å². The van der Waals surface area contributed by atoms with Gasteiger partial charge in [-0.05, 0) is 24.4 Å². The number of aryl methyl sites for hydroxylation is 1. The summed E-state index contributed by atoms with van der Waals surface area (Å²) in [6.45, 7) is 2.11. The molecule has 142 valence electrons. The predicted octanol–water partition coefficient (Wildman–Crippen LogP) is 6.06. The molecule has 3 aromatic carbocycles. The summed E-state index contributed by atoms with van der Waals surface area (Å²) in [5.41, 5.74) is 6.70. The molecule has 0 radical (unpaired) electrons. The van der Waals surface area contributed by atoms with Gasteiger partial charge in [-0.1, -0.05) is 72.3 Å². The second-order valence-electron chi connectivity index (χ2n) is 7.36. The number of rotatable bonds is 4. The number of benzene rings is 3. The Kier molecular flexibility index (Phi) is 4.28. The number of fused-ring (bicyclic) bond motifs is 3. The fourth-order valence-electron chi connectivity index (χ4n) is 3.96.